The zero-order valence-electron chi connectivity index (χ0n) is 16.3. The van der Waals surface area contributed by atoms with Crippen LogP contribution < -0.4 is 10.2 Å². The molecule has 0 aliphatic carbocycles. The van der Waals surface area contributed by atoms with Crippen molar-refractivity contribution in [2.45, 2.75) is 12.8 Å². The van der Waals surface area contributed by atoms with Gasteiger partial charge in [-0.1, -0.05) is 24.3 Å². The second kappa shape index (κ2) is 9.06. The highest BCUT2D eigenvalue weighted by atomic mass is 16.2. The predicted octanol–water partition coefficient (Wildman–Crippen LogP) is 3.15. The van der Waals surface area contributed by atoms with Crippen molar-refractivity contribution in [2.75, 3.05) is 56.0 Å². The Morgan fingerprint density at radius 2 is 1.79 bits per heavy atom. The van der Waals surface area contributed by atoms with Gasteiger partial charge in [-0.05, 0) is 43.0 Å². The third kappa shape index (κ3) is 4.81. The number of benzene rings is 1. The zero-order chi connectivity index (χ0) is 19.2. The normalized spacial score (nSPS) is 20.8. The molecular weight excluding hydrogens is 350 g/mol. The monoisotopic (exact) mass is 379 g/mol. The Bertz CT molecular complexity index is 746. The van der Waals surface area contributed by atoms with E-state index in [0.29, 0.717) is 5.92 Å². The van der Waals surface area contributed by atoms with Gasteiger partial charge in [0.25, 0.3) is 0 Å². The van der Waals surface area contributed by atoms with Crippen molar-refractivity contribution >= 4 is 17.5 Å². The number of rotatable bonds is 4. The highest BCUT2D eigenvalue weighted by Crippen LogP contribution is 2.20. The van der Waals surface area contributed by atoms with Gasteiger partial charge in [-0.2, -0.15) is 0 Å². The lowest BCUT2D eigenvalue weighted by Crippen LogP contribution is -2.50. The molecule has 148 valence electrons. The third-order valence-electron chi connectivity index (χ3n) is 5.69. The molecule has 1 aromatic heterocycles. The van der Waals surface area contributed by atoms with E-state index in [1.54, 1.807) is 0 Å². The molecule has 3 heterocycles. The van der Waals surface area contributed by atoms with Crippen LogP contribution >= 0.6 is 0 Å². The average molecular weight is 380 g/mol. The molecule has 28 heavy (non-hydrogen) atoms. The van der Waals surface area contributed by atoms with E-state index in [-0.39, 0.29) is 6.03 Å². The number of nitrogens with zero attached hydrogens (tertiary/aromatic N) is 4. The molecule has 0 spiro atoms. The summed E-state index contributed by atoms with van der Waals surface area (Å²) in [7, 11) is 0. The van der Waals surface area contributed by atoms with Crippen LogP contribution in [0, 0.1) is 5.92 Å². The van der Waals surface area contributed by atoms with Crippen molar-refractivity contribution in [3.8, 4) is 0 Å². The minimum Gasteiger partial charge on any atom is -0.354 e. The molecule has 0 radical (unpaired) electrons. The molecule has 2 saturated heterocycles. The summed E-state index contributed by atoms with van der Waals surface area (Å²) >= 11 is 0. The standard InChI is InChI=1S/C22H29N5O/c28-22(24-20-8-2-1-3-9-20)27-12-6-7-19(18-27)17-25-13-15-26(16-14-25)21-10-4-5-11-23-21/h1-5,8-11,19H,6-7,12-18H2,(H,24,28)/t19-/m1/s1. The molecule has 0 bridgehead atoms. The Morgan fingerprint density at radius 3 is 2.54 bits per heavy atom. The summed E-state index contributed by atoms with van der Waals surface area (Å²) < 4.78 is 0. The van der Waals surface area contributed by atoms with Crippen LogP contribution in [-0.2, 0) is 0 Å². The predicted molar refractivity (Wildman–Crippen MR) is 113 cm³/mol. The fourth-order valence-electron chi connectivity index (χ4n) is 4.19. The summed E-state index contributed by atoms with van der Waals surface area (Å²) in [5.41, 5.74) is 0.861. The molecule has 0 unspecified atom stereocenters. The molecule has 1 N–H and O–H groups in total. The Kier molecular flexibility index (Phi) is 6.07. The molecule has 2 fully saturated rings. The lowest BCUT2D eigenvalue weighted by atomic mass is 9.97. The number of hydrogen-bond donors (Lipinski definition) is 1. The summed E-state index contributed by atoms with van der Waals surface area (Å²) in [6.45, 7) is 6.92. The second-order valence-electron chi connectivity index (χ2n) is 7.73. The summed E-state index contributed by atoms with van der Waals surface area (Å²) in [5, 5.41) is 3.02. The van der Waals surface area contributed by atoms with E-state index in [9.17, 15) is 4.79 Å². The maximum atomic E-state index is 12.6. The van der Waals surface area contributed by atoms with Gasteiger partial charge in [0, 0.05) is 57.7 Å². The fraction of sp³-hybridized carbons (Fsp3) is 0.455. The van der Waals surface area contributed by atoms with Gasteiger partial charge in [-0.15, -0.1) is 0 Å². The van der Waals surface area contributed by atoms with Gasteiger partial charge in [0.2, 0.25) is 0 Å². The molecule has 6 nitrogen and oxygen atoms in total. The topological polar surface area (TPSA) is 51.7 Å². The molecule has 4 rings (SSSR count). The van der Waals surface area contributed by atoms with Crippen LogP contribution in [0.2, 0.25) is 0 Å². The zero-order valence-corrected chi connectivity index (χ0v) is 16.3. The van der Waals surface area contributed by atoms with Crippen LogP contribution in [0.4, 0.5) is 16.3 Å². The highest BCUT2D eigenvalue weighted by molar-refractivity contribution is 5.89. The summed E-state index contributed by atoms with van der Waals surface area (Å²) in [6.07, 6.45) is 4.15. The number of piperidine rings is 1. The maximum absolute atomic E-state index is 12.6. The van der Waals surface area contributed by atoms with E-state index in [2.05, 4.69) is 26.2 Å². The van der Waals surface area contributed by atoms with Gasteiger partial charge in [-0.25, -0.2) is 9.78 Å². The first kappa shape index (κ1) is 18.7. The summed E-state index contributed by atoms with van der Waals surface area (Å²) in [4.78, 5) is 23.9. The van der Waals surface area contributed by atoms with Crippen LogP contribution in [0.1, 0.15) is 12.8 Å². The number of anilines is 2. The smallest absolute Gasteiger partial charge is 0.321 e. The van der Waals surface area contributed by atoms with Crippen LogP contribution in [0.3, 0.4) is 0 Å². The van der Waals surface area contributed by atoms with Crippen LogP contribution in [0.15, 0.2) is 54.7 Å². The number of piperazine rings is 1. The molecule has 2 aromatic rings. The van der Waals surface area contributed by atoms with Gasteiger partial charge in [-0.3, -0.25) is 4.90 Å². The Labute approximate surface area is 167 Å². The maximum Gasteiger partial charge on any atom is 0.321 e. The van der Waals surface area contributed by atoms with Gasteiger partial charge < -0.3 is 15.1 Å². The Hall–Kier alpha value is -2.60. The van der Waals surface area contributed by atoms with E-state index in [1.165, 1.54) is 6.42 Å². The average Bonchev–Trinajstić information content (AvgIpc) is 2.76. The van der Waals surface area contributed by atoms with Gasteiger partial charge >= 0.3 is 6.03 Å². The SMILES string of the molecule is O=C(Nc1ccccc1)N1CCC[C@H](CN2CCN(c3ccccn3)CC2)C1. The third-order valence-corrected chi connectivity index (χ3v) is 5.69. The van der Waals surface area contributed by atoms with Crippen LogP contribution in [0.25, 0.3) is 0 Å². The summed E-state index contributed by atoms with van der Waals surface area (Å²) in [5.74, 6) is 1.63. The van der Waals surface area contributed by atoms with Crippen molar-refractivity contribution in [1.82, 2.24) is 14.8 Å². The number of urea groups is 1. The largest absolute Gasteiger partial charge is 0.354 e. The molecule has 6 heteroatoms. The number of likely N-dealkylation sites (tertiary alicyclic amines) is 1. The summed E-state index contributed by atoms with van der Waals surface area (Å²) in [6, 6.07) is 15.8. The number of nitrogens with one attached hydrogen (secondary N) is 1. The van der Waals surface area contributed by atoms with E-state index in [1.807, 2.05) is 53.6 Å². The first-order valence-corrected chi connectivity index (χ1v) is 10.3. The number of amides is 2. The molecule has 2 aliphatic rings. The van der Waals surface area contributed by atoms with Gasteiger partial charge in [0.1, 0.15) is 5.82 Å². The van der Waals surface area contributed by atoms with E-state index >= 15 is 0 Å². The Morgan fingerprint density at radius 1 is 1.00 bits per heavy atom. The van der Waals surface area contributed by atoms with Crippen molar-refractivity contribution < 1.29 is 4.79 Å². The lowest BCUT2D eigenvalue weighted by Gasteiger charge is -2.39. The van der Waals surface area contributed by atoms with Crippen molar-refractivity contribution in [2.24, 2.45) is 5.92 Å². The van der Waals surface area contributed by atoms with Crippen LogP contribution in [0.5, 0.6) is 0 Å². The number of carbonyl (C=O) groups excluding carboxylic acids is 1. The fourth-order valence-corrected chi connectivity index (χ4v) is 4.19. The molecule has 0 saturated carbocycles. The number of carbonyl (C=O) groups is 1. The van der Waals surface area contributed by atoms with Crippen molar-refractivity contribution in [3.63, 3.8) is 0 Å². The molecular formula is C22H29N5O. The number of para-hydroxylation sites is 1. The highest BCUT2D eigenvalue weighted by Gasteiger charge is 2.27. The Balaban J connectivity index is 1.25. The van der Waals surface area contributed by atoms with Crippen molar-refractivity contribution in [3.05, 3.63) is 54.7 Å². The lowest BCUT2D eigenvalue weighted by molar-refractivity contribution is 0.143. The minimum absolute atomic E-state index is 0.0240. The molecule has 2 aliphatic heterocycles. The molecule has 1 atom stereocenters. The van der Waals surface area contributed by atoms with Gasteiger partial charge in [0.15, 0.2) is 0 Å². The number of pyridine rings is 1. The van der Waals surface area contributed by atoms with Gasteiger partial charge in [0.05, 0.1) is 0 Å². The number of aromatic nitrogens is 1. The number of hydrogen-bond acceptors (Lipinski definition) is 4. The molecule has 1 aromatic carbocycles. The first-order valence-electron chi connectivity index (χ1n) is 10.3. The first-order chi connectivity index (χ1) is 13.8. The van der Waals surface area contributed by atoms with E-state index in [4.69, 9.17) is 0 Å². The molecule has 2 amide bonds. The van der Waals surface area contributed by atoms with E-state index < -0.39 is 0 Å². The second-order valence-corrected chi connectivity index (χ2v) is 7.73. The quantitative estimate of drug-likeness (QED) is 0.887. The van der Waals surface area contributed by atoms with Crippen LogP contribution in [-0.4, -0.2) is 66.6 Å². The van der Waals surface area contributed by atoms with E-state index in [0.717, 1.165) is 63.7 Å². The minimum atomic E-state index is 0.0240. The van der Waals surface area contributed by atoms with Crippen molar-refractivity contribution in [1.29, 1.82) is 0 Å².